The SMILES string of the molecule is C=C(N=CC)c1ccc(C=N)c(N)c1. The molecule has 3 nitrogen and oxygen atoms in total. The topological polar surface area (TPSA) is 62.2 Å². The smallest absolute Gasteiger partial charge is 0.0626 e. The van der Waals surface area contributed by atoms with Gasteiger partial charge in [0.2, 0.25) is 0 Å². The van der Waals surface area contributed by atoms with Gasteiger partial charge in [0.25, 0.3) is 0 Å². The monoisotopic (exact) mass is 187 g/mol. The lowest BCUT2D eigenvalue weighted by Crippen LogP contribution is -1.94. The van der Waals surface area contributed by atoms with Crippen LogP contribution in [-0.2, 0) is 0 Å². The van der Waals surface area contributed by atoms with Crippen LogP contribution in [0.25, 0.3) is 5.70 Å². The maximum atomic E-state index is 7.09. The van der Waals surface area contributed by atoms with Crippen LogP contribution in [-0.4, -0.2) is 12.4 Å². The molecule has 0 bridgehead atoms. The Hall–Kier alpha value is -1.90. The van der Waals surface area contributed by atoms with E-state index in [-0.39, 0.29) is 0 Å². The highest BCUT2D eigenvalue weighted by Gasteiger charge is 2.00. The van der Waals surface area contributed by atoms with Gasteiger partial charge in [-0.1, -0.05) is 18.7 Å². The molecule has 0 atom stereocenters. The number of nitrogens with zero attached hydrogens (tertiary/aromatic N) is 1. The summed E-state index contributed by atoms with van der Waals surface area (Å²) in [5.41, 5.74) is 8.56. The highest BCUT2D eigenvalue weighted by Crippen LogP contribution is 2.18. The number of anilines is 1. The zero-order chi connectivity index (χ0) is 10.6. The van der Waals surface area contributed by atoms with E-state index >= 15 is 0 Å². The fourth-order valence-corrected chi connectivity index (χ4v) is 1.12. The van der Waals surface area contributed by atoms with Crippen LogP contribution in [0.2, 0.25) is 0 Å². The third-order valence-electron chi connectivity index (χ3n) is 1.86. The van der Waals surface area contributed by atoms with Crippen LogP contribution in [0, 0.1) is 5.41 Å². The normalized spacial score (nSPS) is 10.4. The zero-order valence-corrected chi connectivity index (χ0v) is 8.12. The van der Waals surface area contributed by atoms with Crippen LogP contribution in [0.15, 0.2) is 29.8 Å². The van der Waals surface area contributed by atoms with E-state index in [1.165, 1.54) is 6.21 Å². The number of nitrogens with two attached hydrogens (primary N) is 1. The van der Waals surface area contributed by atoms with Gasteiger partial charge in [-0.3, -0.25) is 4.99 Å². The summed E-state index contributed by atoms with van der Waals surface area (Å²) < 4.78 is 0. The van der Waals surface area contributed by atoms with E-state index in [1.54, 1.807) is 18.3 Å². The number of aliphatic imine (C=N–C) groups is 1. The van der Waals surface area contributed by atoms with Crippen LogP contribution < -0.4 is 5.73 Å². The molecule has 3 heteroatoms. The minimum absolute atomic E-state index is 0.574. The molecule has 0 unspecified atom stereocenters. The molecule has 0 fully saturated rings. The first-order valence-corrected chi connectivity index (χ1v) is 4.27. The minimum Gasteiger partial charge on any atom is -0.398 e. The van der Waals surface area contributed by atoms with Crippen molar-refractivity contribution in [1.29, 1.82) is 5.41 Å². The second kappa shape index (κ2) is 4.37. The molecule has 0 aliphatic heterocycles. The summed E-state index contributed by atoms with van der Waals surface area (Å²) in [6.45, 7) is 5.63. The number of hydrogen-bond donors (Lipinski definition) is 2. The molecule has 0 heterocycles. The third kappa shape index (κ3) is 2.07. The molecule has 1 aromatic carbocycles. The Bertz CT molecular complexity index is 392. The van der Waals surface area contributed by atoms with Crippen LogP contribution in [0.5, 0.6) is 0 Å². The Kier molecular flexibility index (Phi) is 3.18. The number of rotatable bonds is 3. The van der Waals surface area contributed by atoms with Gasteiger partial charge in [0.1, 0.15) is 0 Å². The van der Waals surface area contributed by atoms with Gasteiger partial charge in [-0.15, -0.1) is 0 Å². The molecular formula is C11H13N3. The summed E-state index contributed by atoms with van der Waals surface area (Å²) in [6.07, 6.45) is 2.91. The van der Waals surface area contributed by atoms with Gasteiger partial charge >= 0.3 is 0 Å². The Morgan fingerprint density at radius 3 is 2.79 bits per heavy atom. The van der Waals surface area contributed by atoms with Crippen molar-refractivity contribution in [2.24, 2.45) is 4.99 Å². The van der Waals surface area contributed by atoms with E-state index < -0.39 is 0 Å². The van der Waals surface area contributed by atoms with Crippen LogP contribution in [0.3, 0.4) is 0 Å². The standard InChI is InChI=1S/C11H13N3/c1-3-14-8(2)9-4-5-10(7-12)11(13)6-9/h3-7,12H,2,13H2,1H3. The Morgan fingerprint density at radius 2 is 2.29 bits per heavy atom. The number of nitrogens with one attached hydrogen (secondary N) is 1. The predicted octanol–water partition coefficient (Wildman–Crippen LogP) is 2.33. The van der Waals surface area contributed by atoms with Crippen LogP contribution in [0.4, 0.5) is 5.69 Å². The van der Waals surface area contributed by atoms with Gasteiger partial charge < -0.3 is 11.1 Å². The molecular weight excluding hydrogens is 174 g/mol. The quantitative estimate of drug-likeness (QED) is 0.553. The maximum Gasteiger partial charge on any atom is 0.0626 e. The number of benzene rings is 1. The van der Waals surface area contributed by atoms with Crippen LogP contribution in [0.1, 0.15) is 18.1 Å². The summed E-state index contributed by atoms with van der Waals surface area (Å²) in [5.74, 6) is 0. The van der Waals surface area contributed by atoms with Crippen molar-refractivity contribution in [1.82, 2.24) is 0 Å². The molecule has 0 saturated heterocycles. The summed E-state index contributed by atoms with van der Waals surface area (Å²) in [4.78, 5) is 4.06. The average molecular weight is 187 g/mol. The highest BCUT2D eigenvalue weighted by molar-refractivity contribution is 5.86. The van der Waals surface area contributed by atoms with E-state index in [0.29, 0.717) is 16.9 Å². The van der Waals surface area contributed by atoms with Gasteiger partial charge in [0, 0.05) is 29.2 Å². The van der Waals surface area contributed by atoms with Gasteiger partial charge in [-0.05, 0) is 13.0 Å². The molecule has 14 heavy (non-hydrogen) atoms. The molecule has 0 aliphatic rings. The van der Waals surface area contributed by atoms with Crippen molar-refractivity contribution in [3.05, 3.63) is 35.9 Å². The molecule has 1 aromatic rings. The van der Waals surface area contributed by atoms with E-state index in [1.807, 2.05) is 13.0 Å². The van der Waals surface area contributed by atoms with E-state index in [2.05, 4.69) is 11.6 Å². The third-order valence-corrected chi connectivity index (χ3v) is 1.86. The lowest BCUT2D eigenvalue weighted by atomic mass is 10.1. The molecule has 0 amide bonds. The molecule has 0 radical (unpaired) electrons. The van der Waals surface area contributed by atoms with Crippen molar-refractivity contribution in [3.63, 3.8) is 0 Å². The summed E-state index contributed by atoms with van der Waals surface area (Å²) in [7, 11) is 0. The lowest BCUT2D eigenvalue weighted by molar-refractivity contribution is 1.49. The zero-order valence-electron chi connectivity index (χ0n) is 8.12. The van der Waals surface area contributed by atoms with Crippen molar-refractivity contribution < 1.29 is 0 Å². The van der Waals surface area contributed by atoms with Crippen molar-refractivity contribution in [2.45, 2.75) is 6.92 Å². The Labute approximate surface area is 83.5 Å². The fraction of sp³-hybridized carbons (Fsp3) is 0.0909. The number of hydrogen-bond acceptors (Lipinski definition) is 3. The first-order chi connectivity index (χ1) is 6.69. The molecule has 0 aromatic heterocycles. The fourth-order valence-electron chi connectivity index (χ4n) is 1.12. The minimum atomic E-state index is 0.574. The van der Waals surface area contributed by atoms with Gasteiger partial charge in [0.15, 0.2) is 0 Å². The molecule has 0 saturated carbocycles. The van der Waals surface area contributed by atoms with Crippen LogP contribution >= 0.6 is 0 Å². The number of nitrogen functional groups attached to an aromatic ring is 1. The Balaban J connectivity index is 3.08. The van der Waals surface area contributed by atoms with Crippen molar-refractivity contribution in [2.75, 3.05) is 5.73 Å². The molecule has 72 valence electrons. The summed E-state index contributed by atoms with van der Waals surface area (Å²) in [5, 5.41) is 7.09. The van der Waals surface area contributed by atoms with Gasteiger partial charge in [-0.2, -0.15) is 0 Å². The first kappa shape index (κ1) is 10.2. The predicted molar refractivity (Wildman–Crippen MR) is 61.9 cm³/mol. The molecule has 0 spiro atoms. The lowest BCUT2D eigenvalue weighted by Gasteiger charge is -2.03. The first-order valence-electron chi connectivity index (χ1n) is 4.27. The van der Waals surface area contributed by atoms with E-state index in [4.69, 9.17) is 11.1 Å². The van der Waals surface area contributed by atoms with Gasteiger partial charge in [-0.25, -0.2) is 0 Å². The van der Waals surface area contributed by atoms with E-state index in [0.717, 1.165) is 5.56 Å². The second-order valence-electron chi connectivity index (χ2n) is 2.82. The maximum absolute atomic E-state index is 7.09. The summed E-state index contributed by atoms with van der Waals surface area (Å²) >= 11 is 0. The van der Waals surface area contributed by atoms with Gasteiger partial charge in [0.05, 0.1) is 5.70 Å². The molecule has 1 rings (SSSR count). The van der Waals surface area contributed by atoms with E-state index in [9.17, 15) is 0 Å². The highest BCUT2D eigenvalue weighted by atomic mass is 14.7. The largest absolute Gasteiger partial charge is 0.398 e. The van der Waals surface area contributed by atoms with Crippen molar-refractivity contribution >= 4 is 23.8 Å². The second-order valence-corrected chi connectivity index (χ2v) is 2.82. The summed E-state index contributed by atoms with van der Waals surface area (Å²) in [6, 6.07) is 5.41. The average Bonchev–Trinajstić information content (AvgIpc) is 2.18. The van der Waals surface area contributed by atoms with Crippen molar-refractivity contribution in [3.8, 4) is 0 Å². The Morgan fingerprint density at radius 1 is 1.57 bits per heavy atom. The molecule has 0 aliphatic carbocycles. The molecule has 3 N–H and O–H groups in total.